The zero-order chi connectivity index (χ0) is 19.3. The number of aromatic nitrogens is 3. The van der Waals surface area contributed by atoms with Crippen LogP contribution in [-0.4, -0.2) is 65.2 Å². The van der Waals surface area contributed by atoms with Crippen LogP contribution in [0.3, 0.4) is 0 Å². The van der Waals surface area contributed by atoms with Gasteiger partial charge in [-0.1, -0.05) is 18.0 Å². The lowest BCUT2D eigenvalue weighted by Gasteiger charge is -2.33. The molecule has 1 N–H and O–H groups in total. The summed E-state index contributed by atoms with van der Waals surface area (Å²) in [7, 11) is 0. The Balaban J connectivity index is 1.34. The van der Waals surface area contributed by atoms with Crippen molar-refractivity contribution >= 4 is 22.8 Å². The molecule has 2 aliphatic rings. The summed E-state index contributed by atoms with van der Waals surface area (Å²) < 4.78 is 5.26. The molecular formula is C20H30N6O2. The third kappa shape index (κ3) is 4.27. The standard InChI is InChI=1S/C20H30N6O2/c1-15-17-18(22-14-23-20(17)28-24-15)26-11-6-7-16(13-26)19(27)21-8-12-25-9-4-2-3-5-10-25/h14,16H,2-13H2,1H3,(H,21,27)/t16-/m1/s1. The second-order valence-electron chi connectivity index (χ2n) is 7.98. The third-order valence-electron chi connectivity index (χ3n) is 5.94. The van der Waals surface area contributed by atoms with Crippen LogP contribution in [0.4, 0.5) is 5.82 Å². The predicted octanol–water partition coefficient (Wildman–Crippen LogP) is 2.13. The number of nitrogens with zero attached hydrogens (tertiary/aromatic N) is 5. The Morgan fingerprint density at radius 2 is 2.00 bits per heavy atom. The minimum absolute atomic E-state index is 0.0111. The highest BCUT2D eigenvalue weighted by Crippen LogP contribution is 2.29. The van der Waals surface area contributed by atoms with Gasteiger partial charge in [0.15, 0.2) is 0 Å². The average Bonchev–Trinajstić information content (AvgIpc) is 2.93. The fourth-order valence-electron chi connectivity index (χ4n) is 4.37. The number of hydrogen-bond donors (Lipinski definition) is 1. The Hall–Kier alpha value is -2.22. The van der Waals surface area contributed by atoms with Crippen LogP contribution in [0.2, 0.25) is 0 Å². The quantitative estimate of drug-likeness (QED) is 0.842. The van der Waals surface area contributed by atoms with Gasteiger partial charge in [-0.25, -0.2) is 4.98 Å². The first-order valence-electron chi connectivity index (χ1n) is 10.5. The summed E-state index contributed by atoms with van der Waals surface area (Å²) >= 11 is 0. The van der Waals surface area contributed by atoms with Crippen molar-refractivity contribution in [1.82, 2.24) is 25.3 Å². The van der Waals surface area contributed by atoms with Gasteiger partial charge in [-0.15, -0.1) is 0 Å². The van der Waals surface area contributed by atoms with Crippen LogP contribution in [0.25, 0.3) is 11.1 Å². The van der Waals surface area contributed by atoms with E-state index in [1.165, 1.54) is 32.0 Å². The van der Waals surface area contributed by atoms with E-state index in [0.717, 1.165) is 62.5 Å². The third-order valence-corrected chi connectivity index (χ3v) is 5.94. The number of rotatable bonds is 5. The van der Waals surface area contributed by atoms with Crippen molar-refractivity contribution in [3.05, 3.63) is 12.0 Å². The number of fused-ring (bicyclic) bond motifs is 1. The van der Waals surface area contributed by atoms with Crippen LogP contribution in [0.15, 0.2) is 10.9 Å². The number of amides is 1. The molecule has 2 aromatic heterocycles. The van der Waals surface area contributed by atoms with Gasteiger partial charge in [0.2, 0.25) is 5.91 Å². The summed E-state index contributed by atoms with van der Waals surface area (Å²) in [6.45, 7) is 7.46. The second kappa shape index (κ2) is 8.86. The SMILES string of the molecule is Cc1noc2ncnc(N3CCC[C@@H](C(=O)NCCN4CCCCCC4)C3)c12. The van der Waals surface area contributed by atoms with Gasteiger partial charge >= 0.3 is 0 Å². The van der Waals surface area contributed by atoms with Crippen molar-refractivity contribution in [2.45, 2.75) is 45.4 Å². The van der Waals surface area contributed by atoms with Crippen LogP contribution in [0.5, 0.6) is 0 Å². The van der Waals surface area contributed by atoms with Crippen LogP contribution < -0.4 is 10.2 Å². The first-order valence-corrected chi connectivity index (χ1v) is 10.5. The molecule has 0 bridgehead atoms. The maximum Gasteiger partial charge on any atom is 0.263 e. The van der Waals surface area contributed by atoms with Gasteiger partial charge < -0.3 is 19.6 Å². The van der Waals surface area contributed by atoms with E-state index in [1.807, 2.05) is 6.92 Å². The van der Waals surface area contributed by atoms with Gasteiger partial charge in [-0.05, 0) is 45.7 Å². The number of carbonyl (C=O) groups is 1. The highest BCUT2D eigenvalue weighted by atomic mass is 16.5. The molecule has 2 aliphatic heterocycles. The summed E-state index contributed by atoms with van der Waals surface area (Å²) in [6.07, 6.45) is 8.63. The van der Waals surface area contributed by atoms with E-state index in [1.54, 1.807) is 0 Å². The van der Waals surface area contributed by atoms with Crippen LogP contribution in [0, 0.1) is 12.8 Å². The highest BCUT2D eigenvalue weighted by Gasteiger charge is 2.28. The van der Waals surface area contributed by atoms with Crippen LogP contribution >= 0.6 is 0 Å². The number of nitrogens with one attached hydrogen (secondary N) is 1. The van der Waals surface area contributed by atoms with E-state index in [2.05, 4.69) is 30.2 Å². The fourth-order valence-corrected chi connectivity index (χ4v) is 4.37. The summed E-state index contributed by atoms with van der Waals surface area (Å²) in [4.78, 5) is 26.0. The molecule has 2 aromatic rings. The van der Waals surface area contributed by atoms with Crippen molar-refractivity contribution in [3.8, 4) is 0 Å². The monoisotopic (exact) mass is 386 g/mol. The van der Waals surface area contributed by atoms with E-state index >= 15 is 0 Å². The number of aryl methyl sites for hydroxylation is 1. The lowest BCUT2D eigenvalue weighted by molar-refractivity contribution is -0.125. The fraction of sp³-hybridized carbons (Fsp3) is 0.700. The Bertz CT molecular complexity index is 799. The van der Waals surface area contributed by atoms with Crippen molar-refractivity contribution in [2.75, 3.05) is 44.2 Å². The molecule has 0 saturated carbocycles. The molecule has 0 radical (unpaired) electrons. The van der Waals surface area contributed by atoms with Crippen molar-refractivity contribution in [3.63, 3.8) is 0 Å². The smallest absolute Gasteiger partial charge is 0.263 e. The topological polar surface area (TPSA) is 87.4 Å². The van der Waals surface area contributed by atoms with Gasteiger partial charge in [-0.3, -0.25) is 4.79 Å². The van der Waals surface area contributed by atoms with Crippen molar-refractivity contribution in [2.24, 2.45) is 5.92 Å². The normalized spacial score (nSPS) is 21.6. The van der Waals surface area contributed by atoms with Crippen LogP contribution in [-0.2, 0) is 4.79 Å². The summed E-state index contributed by atoms with van der Waals surface area (Å²) in [5.74, 6) is 0.973. The molecule has 28 heavy (non-hydrogen) atoms. The lowest BCUT2D eigenvalue weighted by atomic mass is 9.97. The minimum atomic E-state index is -0.0111. The Morgan fingerprint density at radius 1 is 1.18 bits per heavy atom. The Kier molecular flexibility index (Phi) is 6.04. The maximum atomic E-state index is 12.7. The van der Waals surface area contributed by atoms with Gasteiger partial charge in [0.05, 0.1) is 11.6 Å². The van der Waals surface area contributed by atoms with Gasteiger partial charge in [-0.2, -0.15) is 4.98 Å². The van der Waals surface area contributed by atoms with E-state index in [-0.39, 0.29) is 11.8 Å². The molecule has 0 aromatic carbocycles. The molecule has 8 nitrogen and oxygen atoms in total. The molecule has 2 saturated heterocycles. The van der Waals surface area contributed by atoms with E-state index < -0.39 is 0 Å². The molecule has 0 spiro atoms. The summed E-state index contributed by atoms with van der Waals surface area (Å²) in [5, 5.41) is 8.03. The first-order chi connectivity index (χ1) is 13.7. The predicted molar refractivity (Wildman–Crippen MR) is 107 cm³/mol. The van der Waals surface area contributed by atoms with Gasteiger partial charge in [0.25, 0.3) is 5.71 Å². The van der Waals surface area contributed by atoms with Gasteiger partial charge in [0.1, 0.15) is 17.5 Å². The first kappa shape index (κ1) is 19.1. The number of likely N-dealkylation sites (tertiary alicyclic amines) is 1. The Labute approximate surface area is 165 Å². The molecule has 1 amide bonds. The number of hydrogen-bond acceptors (Lipinski definition) is 7. The molecule has 0 aliphatic carbocycles. The van der Waals surface area contributed by atoms with Gasteiger partial charge in [0, 0.05) is 26.2 Å². The molecule has 4 heterocycles. The second-order valence-corrected chi connectivity index (χ2v) is 7.98. The number of piperidine rings is 1. The zero-order valence-corrected chi connectivity index (χ0v) is 16.7. The molecule has 4 rings (SSSR count). The average molecular weight is 387 g/mol. The number of carbonyl (C=O) groups excluding carboxylic acids is 1. The molecule has 2 fully saturated rings. The summed E-state index contributed by atoms with van der Waals surface area (Å²) in [5.41, 5.74) is 1.29. The van der Waals surface area contributed by atoms with Crippen molar-refractivity contribution < 1.29 is 9.32 Å². The number of anilines is 1. The zero-order valence-electron chi connectivity index (χ0n) is 16.7. The minimum Gasteiger partial charge on any atom is -0.355 e. The molecular weight excluding hydrogens is 356 g/mol. The summed E-state index contributed by atoms with van der Waals surface area (Å²) in [6, 6.07) is 0. The van der Waals surface area contributed by atoms with E-state index in [9.17, 15) is 4.79 Å². The highest BCUT2D eigenvalue weighted by molar-refractivity contribution is 5.88. The molecule has 152 valence electrons. The largest absolute Gasteiger partial charge is 0.355 e. The van der Waals surface area contributed by atoms with Crippen molar-refractivity contribution in [1.29, 1.82) is 0 Å². The maximum absolute atomic E-state index is 12.7. The van der Waals surface area contributed by atoms with Crippen LogP contribution in [0.1, 0.15) is 44.2 Å². The molecule has 1 atom stereocenters. The molecule has 8 heteroatoms. The van der Waals surface area contributed by atoms with E-state index in [4.69, 9.17) is 4.52 Å². The lowest BCUT2D eigenvalue weighted by Crippen LogP contribution is -2.45. The van der Waals surface area contributed by atoms with E-state index in [0.29, 0.717) is 12.3 Å². The Morgan fingerprint density at radius 3 is 2.82 bits per heavy atom. The molecule has 0 unspecified atom stereocenters.